The summed E-state index contributed by atoms with van der Waals surface area (Å²) in [4.78, 5) is 25.2. The van der Waals surface area contributed by atoms with Gasteiger partial charge in [0, 0.05) is 31.0 Å². The third-order valence-electron chi connectivity index (χ3n) is 3.96. The van der Waals surface area contributed by atoms with Crippen LogP contribution in [0.25, 0.3) is 0 Å². The molecule has 0 saturated carbocycles. The molecule has 0 aliphatic heterocycles. The summed E-state index contributed by atoms with van der Waals surface area (Å²) in [5.41, 5.74) is 7.19. The summed E-state index contributed by atoms with van der Waals surface area (Å²) in [7, 11) is 0. The molecular weight excluding hydrogens is 382 g/mol. The summed E-state index contributed by atoms with van der Waals surface area (Å²) >= 11 is 11.5. The van der Waals surface area contributed by atoms with E-state index in [1.807, 2.05) is 48.5 Å². The van der Waals surface area contributed by atoms with Crippen molar-refractivity contribution in [3.05, 3.63) is 70.7 Å². The van der Waals surface area contributed by atoms with Crippen LogP contribution >= 0.6 is 23.8 Å². The fourth-order valence-electron chi connectivity index (χ4n) is 2.51. The van der Waals surface area contributed by atoms with Crippen molar-refractivity contribution in [2.24, 2.45) is 5.73 Å². The zero-order valence-corrected chi connectivity index (χ0v) is 16.4. The number of thiocarbonyl (C=S) groups is 1. The molecule has 0 heterocycles. The summed E-state index contributed by atoms with van der Waals surface area (Å²) in [6.45, 7) is 0.825. The van der Waals surface area contributed by atoms with Crippen LogP contribution in [0.1, 0.15) is 24.0 Å². The highest BCUT2D eigenvalue weighted by molar-refractivity contribution is 7.80. The molecule has 0 atom stereocenters. The fraction of sp³-hybridized carbons (Fsp3) is 0.250. The minimum atomic E-state index is -0.416. The van der Waals surface area contributed by atoms with Crippen molar-refractivity contribution in [1.82, 2.24) is 10.2 Å². The van der Waals surface area contributed by atoms with Crippen LogP contribution in [0.2, 0.25) is 5.02 Å². The van der Waals surface area contributed by atoms with Gasteiger partial charge in [0.2, 0.25) is 11.8 Å². The van der Waals surface area contributed by atoms with E-state index in [0.29, 0.717) is 24.5 Å². The second-order valence-corrected chi connectivity index (χ2v) is 6.86. The summed E-state index contributed by atoms with van der Waals surface area (Å²) in [6, 6.07) is 17.1. The van der Waals surface area contributed by atoms with Gasteiger partial charge in [0.15, 0.2) is 5.11 Å². The van der Waals surface area contributed by atoms with Crippen molar-refractivity contribution in [3.63, 3.8) is 0 Å². The molecule has 7 heteroatoms. The van der Waals surface area contributed by atoms with Crippen molar-refractivity contribution in [1.29, 1.82) is 0 Å². The minimum Gasteiger partial charge on any atom is -0.370 e. The van der Waals surface area contributed by atoms with Gasteiger partial charge in [0.05, 0.1) is 0 Å². The normalized spacial score (nSPS) is 10.3. The Morgan fingerprint density at radius 1 is 1.04 bits per heavy atom. The van der Waals surface area contributed by atoms with Crippen molar-refractivity contribution in [2.45, 2.75) is 25.8 Å². The average Bonchev–Trinajstić information content (AvgIpc) is 2.65. The number of carbonyl (C=O) groups is 2. The maximum absolute atomic E-state index is 12.3. The monoisotopic (exact) mass is 403 g/mol. The molecule has 27 heavy (non-hydrogen) atoms. The molecule has 0 aromatic heterocycles. The van der Waals surface area contributed by atoms with Crippen LogP contribution in [0.5, 0.6) is 0 Å². The predicted molar refractivity (Wildman–Crippen MR) is 111 cm³/mol. The van der Waals surface area contributed by atoms with Crippen LogP contribution in [0, 0.1) is 0 Å². The number of amides is 2. The van der Waals surface area contributed by atoms with E-state index < -0.39 is 5.91 Å². The van der Waals surface area contributed by atoms with Gasteiger partial charge in [0.25, 0.3) is 0 Å². The number of nitrogens with one attached hydrogen (secondary N) is 1. The lowest BCUT2D eigenvalue weighted by atomic mass is 10.1. The maximum atomic E-state index is 12.3. The molecule has 0 aliphatic carbocycles. The number of hydrogen-bond donors (Lipinski definition) is 2. The molecular formula is C20H22ClN3O2S. The highest BCUT2D eigenvalue weighted by Gasteiger charge is 2.14. The van der Waals surface area contributed by atoms with Crippen molar-refractivity contribution < 1.29 is 9.59 Å². The van der Waals surface area contributed by atoms with E-state index in [9.17, 15) is 9.59 Å². The van der Waals surface area contributed by atoms with Crippen molar-refractivity contribution in [3.8, 4) is 0 Å². The van der Waals surface area contributed by atoms with E-state index in [0.717, 1.165) is 11.1 Å². The first-order valence-electron chi connectivity index (χ1n) is 8.60. The zero-order valence-electron chi connectivity index (χ0n) is 14.9. The smallest absolute Gasteiger partial charge is 0.226 e. The van der Waals surface area contributed by atoms with Crippen LogP contribution in [0.15, 0.2) is 54.6 Å². The number of nitrogens with zero attached hydrogens (tertiary/aromatic N) is 1. The first-order valence-corrected chi connectivity index (χ1v) is 9.38. The van der Waals surface area contributed by atoms with E-state index in [4.69, 9.17) is 29.6 Å². The number of aryl methyl sites for hydroxylation is 1. The lowest BCUT2D eigenvalue weighted by Gasteiger charge is -2.25. The summed E-state index contributed by atoms with van der Waals surface area (Å²) < 4.78 is 0. The Morgan fingerprint density at radius 3 is 2.37 bits per heavy atom. The molecule has 0 radical (unpaired) electrons. The number of carbonyl (C=O) groups excluding carboxylic acids is 2. The minimum absolute atomic E-state index is 0.155. The Labute approximate surface area is 169 Å². The van der Waals surface area contributed by atoms with Crippen LogP contribution in [-0.4, -0.2) is 28.4 Å². The number of rotatable bonds is 8. The van der Waals surface area contributed by atoms with Crippen molar-refractivity contribution in [2.75, 3.05) is 6.54 Å². The molecule has 0 fully saturated rings. The quantitative estimate of drug-likeness (QED) is 0.664. The second kappa shape index (κ2) is 10.6. The Balaban J connectivity index is 1.93. The van der Waals surface area contributed by atoms with Gasteiger partial charge in [0.1, 0.15) is 0 Å². The molecule has 0 unspecified atom stereocenters. The predicted octanol–water partition coefficient (Wildman–Crippen LogP) is 3.05. The van der Waals surface area contributed by atoms with Gasteiger partial charge in [-0.3, -0.25) is 9.59 Å². The van der Waals surface area contributed by atoms with E-state index in [-0.39, 0.29) is 23.9 Å². The van der Waals surface area contributed by atoms with Gasteiger partial charge < -0.3 is 16.0 Å². The molecule has 2 rings (SSSR count). The average molecular weight is 404 g/mol. The SMILES string of the molecule is NC(=O)CCN(Cc1ccccc1)C(=S)NC(=O)CCc1ccccc1Cl. The number of halogens is 1. The van der Waals surface area contributed by atoms with E-state index >= 15 is 0 Å². The fourth-order valence-corrected chi connectivity index (χ4v) is 3.01. The Morgan fingerprint density at radius 2 is 1.70 bits per heavy atom. The largest absolute Gasteiger partial charge is 0.370 e. The molecule has 2 aromatic carbocycles. The van der Waals surface area contributed by atoms with Gasteiger partial charge in [-0.05, 0) is 35.8 Å². The highest BCUT2D eigenvalue weighted by Crippen LogP contribution is 2.16. The van der Waals surface area contributed by atoms with Crippen LogP contribution in [-0.2, 0) is 22.6 Å². The summed E-state index contributed by atoms with van der Waals surface area (Å²) in [5, 5.41) is 3.66. The summed E-state index contributed by atoms with van der Waals surface area (Å²) in [5.74, 6) is -0.613. The molecule has 0 spiro atoms. The topological polar surface area (TPSA) is 75.4 Å². The lowest BCUT2D eigenvalue weighted by Crippen LogP contribution is -2.43. The second-order valence-electron chi connectivity index (χ2n) is 6.07. The van der Waals surface area contributed by atoms with Crippen LogP contribution < -0.4 is 11.1 Å². The Kier molecular flexibility index (Phi) is 8.23. The highest BCUT2D eigenvalue weighted by atomic mass is 35.5. The van der Waals surface area contributed by atoms with Crippen LogP contribution in [0.3, 0.4) is 0 Å². The summed E-state index contributed by atoms with van der Waals surface area (Å²) in [6.07, 6.45) is 0.940. The van der Waals surface area contributed by atoms with Gasteiger partial charge in [-0.15, -0.1) is 0 Å². The van der Waals surface area contributed by atoms with Crippen LogP contribution in [0.4, 0.5) is 0 Å². The van der Waals surface area contributed by atoms with Crippen molar-refractivity contribution >= 4 is 40.7 Å². The number of primary amides is 1. The first kappa shape index (κ1) is 20.9. The van der Waals surface area contributed by atoms with E-state index in [1.54, 1.807) is 11.0 Å². The third-order valence-corrected chi connectivity index (χ3v) is 4.69. The molecule has 2 amide bonds. The molecule has 3 N–H and O–H groups in total. The molecule has 142 valence electrons. The van der Waals surface area contributed by atoms with E-state index in [1.165, 1.54) is 0 Å². The van der Waals surface area contributed by atoms with Gasteiger partial charge in [-0.25, -0.2) is 0 Å². The number of hydrogen-bond acceptors (Lipinski definition) is 3. The van der Waals surface area contributed by atoms with E-state index in [2.05, 4.69) is 5.32 Å². The van der Waals surface area contributed by atoms with Gasteiger partial charge in [-0.2, -0.15) is 0 Å². The van der Waals surface area contributed by atoms with Gasteiger partial charge >= 0.3 is 0 Å². The maximum Gasteiger partial charge on any atom is 0.226 e. The number of nitrogens with two attached hydrogens (primary N) is 1. The molecule has 5 nitrogen and oxygen atoms in total. The Bertz CT molecular complexity index is 799. The first-order chi connectivity index (χ1) is 13.0. The molecule has 0 aliphatic rings. The number of benzene rings is 2. The third kappa shape index (κ3) is 7.37. The Hall–Kier alpha value is -2.44. The standard InChI is InChI=1S/C20H22ClN3O2S/c21-17-9-5-4-8-16(17)10-11-19(26)23-20(27)24(13-12-18(22)25)14-15-6-2-1-3-7-15/h1-9H,10-14H2,(H2,22,25)(H,23,26,27). The molecule has 0 saturated heterocycles. The molecule has 0 bridgehead atoms. The lowest BCUT2D eigenvalue weighted by molar-refractivity contribution is -0.119. The molecule has 2 aromatic rings. The zero-order chi connectivity index (χ0) is 19.6. The van der Waals surface area contributed by atoms with Gasteiger partial charge in [-0.1, -0.05) is 60.1 Å².